The molecule has 2 unspecified atom stereocenters. The number of hydrogen-bond acceptors (Lipinski definition) is 6. The summed E-state index contributed by atoms with van der Waals surface area (Å²) in [7, 11) is 0. The summed E-state index contributed by atoms with van der Waals surface area (Å²) in [4.78, 5) is 23.0. The van der Waals surface area contributed by atoms with Crippen LogP contribution >= 0.6 is 0 Å². The molecule has 27 heavy (non-hydrogen) atoms. The van der Waals surface area contributed by atoms with E-state index in [1.165, 1.54) is 24.3 Å². The number of carbonyl (C=O) groups excluding carboxylic acids is 2. The molecule has 2 rings (SSSR count). The molecule has 0 saturated carbocycles. The molecule has 0 aliphatic heterocycles. The Morgan fingerprint density at radius 1 is 1.04 bits per heavy atom. The Hall–Kier alpha value is -2.94. The van der Waals surface area contributed by atoms with Crippen molar-refractivity contribution in [3.8, 4) is 0 Å². The highest BCUT2D eigenvalue weighted by atomic mass is 16.5. The van der Waals surface area contributed by atoms with Gasteiger partial charge in [-0.1, -0.05) is 42.5 Å². The highest BCUT2D eigenvalue weighted by Gasteiger charge is 2.19. The van der Waals surface area contributed by atoms with Crippen LogP contribution in [0.25, 0.3) is 0 Å². The number of rotatable bonds is 8. The lowest BCUT2D eigenvalue weighted by atomic mass is 10.0. The number of hydrogen-bond donors (Lipinski definition) is 5. The number of nitrogen functional groups attached to an aromatic ring is 1. The molecule has 0 aromatic heterocycles. The summed E-state index contributed by atoms with van der Waals surface area (Å²) in [6, 6.07) is 15.3. The van der Waals surface area contributed by atoms with Gasteiger partial charge >= 0.3 is 6.09 Å². The van der Waals surface area contributed by atoms with Crippen LogP contribution in [0.2, 0.25) is 0 Å². The van der Waals surface area contributed by atoms with E-state index >= 15 is 0 Å². The first-order valence-electron chi connectivity index (χ1n) is 8.43. The maximum Gasteiger partial charge on any atom is 0.407 e. The molecule has 2 aromatic rings. The number of hydrazine groups is 1. The standard InChI is InChI=1S/C19H23N3O5/c20-22-18(25)15-8-6-14(7-9-15)17(24)16(23)10-11-21-19(26)27-12-13-4-2-1-3-5-13/h1-9,16-17,23-24H,10-12,20H2,(H,21,26)(H,22,25). The third-order valence-electron chi connectivity index (χ3n) is 3.93. The molecule has 0 aliphatic carbocycles. The Morgan fingerprint density at radius 2 is 1.70 bits per heavy atom. The molecule has 2 amide bonds. The number of alkyl carbamates (subject to hydrolysis) is 1. The maximum atomic E-state index is 11.6. The van der Waals surface area contributed by atoms with Gasteiger partial charge in [-0.25, -0.2) is 10.6 Å². The van der Waals surface area contributed by atoms with Gasteiger partial charge in [-0.15, -0.1) is 0 Å². The summed E-state index contributed by atoms with van der Waals surface area (Å²) in [5.41, 5.74) is 3.66. The van der Waals surface area contributed by atoms with Crippen LogP contribution in [0.3, 0.4) is 0 Å². The van der Waals surface area contributed by atoms with E-state index in [9.17, 15) is 19.8 Å². The van der Waals surface area contributed by atoms with Crippen LogP contribution in [0, 0.1) is 0 Å². The average Bonchev–Trinajstić information content (AvgIpc) is 2.72. The molecular formula is C19H23N3O5. The van der Waals surface area contributed by atoms with Gasteiger partial charge in [0.05, 0.1) is 6.10 Å². The van der Waals surface area contributed by atoms with Gasteiger partial charge in [0.2, 0.25) is 0 Å². The molecule has 0 bridgehead atoms. The molecule has 0 heterocycles. The Balaban J connectivity index is 1.73. The maximum absolute atomic E-state index is 11.6. The Bertz CT molecular complexity index is 737. The summed E-state index contributed by atoms with van der Waals surface area (Å²) < 4.78 is 5.06. The van der Waals surface area contributed by atoms with Crippen molar-refractivity contribution in [1.29, 1.82) is 0 Å². The van der Waals surface area contributed by atoms with Crippen LogP contribution in [0.1, 0.15) is 34.0 Å². The molecule has 8 nitrogen and oxygen atoms in total. The SMILES string of the molecule is NNC(=O)c1ccc(C(O)C(O)CCNC(=O)OCc2ccccc2)cc1. The fourth-order valence-corrected chi connectivity index (χ4v) is 2.39. The number of aliphatic hydroxyl groups is 2. The number of ether oxygens (including phenoxy) is 1. The minimum atomic E-state index is -1.15. The van der Waals surface area contributed by atoms with Crippen molar-refractivity contribution in [1.82, 2.24) is 10.7 Å². The van der Waals surface area contributed by atoms with E-state index in [1.807, 2.05) is 35.8 Å². The number of amides is 2. The van der Waals surface area contributed by atoms with Crippen molar-refractivity contribution in [2.24, 2.45) is 5.84 Å². The molecule has 2 atom stereocenters. The fraction of sp³-hybridized carbons (Fsp3) is 0.263. The molecule has 0 radical (unpaired) electrons. The molecule has 0 aliphatic rings. The van der Waals surface area contributed by atoms with E-state index in [2.05, 4.69) is 5.32 Å². The average molecular weight is 373 g/mol. The summed E-state index contributed by atoms with van der Waals surface area (Å²) in [6.45, 7) is 0.292. The smallest absolute Gasteiger partial charge is 0.407 e. The predicted octanol–water partition coefficient (Wildman–Crippen LogP) is 1.00. The first-order chi connectivity index (χ1) is 13.0. The molecule has 0 spiro atoms. The molecule has 0 fully saturated rings. The van der Waals surface area contributed by atoms with Gasteiger partial charge < -0.3 is 20.3 Å². The van der Waals surface area contributed by atoms with Crippen LogP contribution in [0.4, 0.5) is 4.79 Å². The van der Waals surface area contributed by atoms with E-state index in [-0.39, 0.29) is 19.6 Å². The van der Waals surface area contributed by atoms with Gasteiger partial charge in [-0.3, -0.25) is 10.2 Å². The van der Waals surface area contributed by atoms with Gasteiger partial charge in [-0.05, 0) is 29.7 Å². The first-order valence-corrected chi connectivity index (χ1v) is 8.43. The minimum Gasteiger partial charge on any atom is -0.445 e. The second-order valence-corrected chi connectivity index (χ2v) is 5.88. The minimum absolute atomic E-state index is 0.132. The van der Waals surface area contributed by atoms with E-state index in [0.29, 0.717) is 11.1 Å². The lowest BCUT2D eigenvalue weighted by molar-refractivity contribution is 0.0136. The summed E-state index contributed by atoms with van der Waals surface area (Å²) in [6.07, 6.45) is -2.71. The Labute approximate surface area is 156 Å². The number of aliphatic hydroxyl groups excluding tert-OH is 2. The lowest BCUT2D eigenvalue weighted by Crippen LogP contribution is -2.30. The number of nitrogens with one attached hydrogen (secondary N) is 2. The molecule has 2 aromatic carbocycles. The van der Waals surface area contributed by atoms with Gasteiger partial charge in [0.15, 0.2) is 0 Å². The van der Waals surface area contributed by atoms with Crippen molar-refractivity contribution in [3.63, 3.8) is 0 Å². The summed E-state index contributed by atoms with van der Waals surface area (Å²) in [5.74, 6) is 4.60. The molecular weight excluding hydrogens is 350 g/mol. The number of benzene rings is 2. The van der Waals surface area contributed by atoms with Gasteiger partial charge in [0, 0.05) is 12.1 Å². The van der Waals surface area contributed by atoms with Gasteiger partial charge in [-0.2, -0.15) is 0 Å². The van der Waals surface area contributed by atoms with Crippen molar-refractivity contribution < 1.29 is 24.5 Å². The summed E-state index contributed by atoms with van der Waals surface area (Å²) >= 11 is 0. The number of carbonyl (C=O) groups is 2. The van der Waals surface area contributed by atoms with Crippen LogP contribution in [-0.2, 0) is 11.3 Å². The summed E-state index contributed by atoms with van der Waals surface area (Å²) in [5, 5.41) is 22.8. The lowest BCUT2D eigenvalue weighted by Gasteiger charge is -2.18. The first kappa shape index (κ1) is 20.4. The second-order valence-electron chi connectivity index (χ2n) is 5.88. The molecule has 8 heteroatoms. The molecule has 6 N–H and O–H groups in total. The van der Waals surface area contributed by atoms with Gasteiger partial charge in [0.1, 0.15) is 12.7 Å². The highest BCUT2D eigenvalue weighted by Crippen LogP contribution is 2.19. The highest BCUT2D eigenvalue weighted by molar-refractivity contribution is 5.93. The zero-order chi connectivity index (χ0) is 19.6. The Morgan fingerprint density at radius 3 is 2.33 bits per heavy atom. The van der Waals surface area contributed by atoms with Gasteiger partial charge in [0.25, 0.3) is 5.91 Å². The van der Waals surface area contributed by atoms with E-state index in [0.717, 1.165) is 5.56 Å². The van der Waals surface area contributed by atoms with Crippen molar-refractivity contribution in [3.05, 3.63) is 71.3 Å². The van der Waals surface area contributed by atoms with Crippen LogP contribution < -0.4 is 16.6 Å². The predicted molar refractivity (Wildman–Crippen MR) is 98.3 cm³/mol. The van der Waals surface area contributed by atoms with Crippen molar-refractivity contribution in [2.45, 2.75) is 25.2 Å². The zero-order valence-corrected chi connectivity index (χ0v) is 14.7. The van der Waals surface area contributed by atoms with E-state index in [4.69, 9.17) is 10.6 Å². The third kappa shape index (κ3) is 6.37. The topological polar surface area (TPSA) is 134 Å². The largest absolute Gasteiger partial charge is 0.445 e. The van der Waals surface area contributed by atoms with Crippen molar-refractivity contribution in [2.75, 3.05) is 6.54 Å². The third-order valence-corrected chi connectivity index (χ3v) is 3.93. The quantitative estimate of drug-likeness (QED) is 0.266. The monoisotopic (exact) mass is 373 g/mol. The molecule has 0 saturated heterocycles. The Kier molecular flexibility index (Phi) is 7.75. The van der Waals surface area contributed by atoms with E-state index in [1.54, 1.807) is 0 Å². The molecule has 144 valence electrons. The second kappa shape index (κ2) is 10.3. The van der Waals surface area contributed by atoms with Crippen LogP contribution in [-0.4, -0.2) is 34.9 Å². The van der Waals surface area contributed by atoms with Crippen LogP contribution in [0.5, 0.6) is 0 Å². The number of nitrogens with two attached hydrogens (primary N) is 1. The van der Waals surface area contributed by atoms with Crippen LogP contribution in [0.15, 0.2) is 54.6 Å². The normalized spacial score (nSPS) is 12.7. The van der Waals surface area contributed by atoms with E-state index < -0.39 is 24.2 Å². The zero-order valence-electron chi connectivity index (χ0n) is 14.7. The fourth-order valence-electron chi connectivity index (χ4n) is 2.39. The van der Waals surface area contributed by atoms with Crippen molar-refractivity contribution >= 4 is 12.0 Å².